The highest BCUT2D eigenvalue weighted by atomic mass is 19.1. The Morgan fingerprint density at radius 3 is 2.82 bits per heavy atom. The van der Waals surface area contributed by atoms with Crippen LogP contribution in [0, 0.1) is 5.82 Å². The van der Waals surface area contributed by atoms with Crippen LogP contribution in [-0.4, -0.2) is 32.3 Å². The van der Waals surface area contributed by atoms with Crippen molar-refractivity contribution in [3.8, 4) is 11.5 Å². The molecule has 4 nitrogen and oxygen atoms in total. The van der Waals surface area contributed by atoms with Gasteiger partial charge in [0.15, 0.2) is 5.82 Å². The zero-order valence-electron chi connectivity index (χ0n) is 12.8. The molecule has 0 aliphatic carbocycles. The van der Waals surface area contributed by atoms with Crippen LogP contribution in [0.3, 0.4) is 0 Å². The molecule has 1 aliphatic heterocycles. The molecule has 5 heteroatoms. The number of nitrogens with zero attached hydrogens (tertiary/aromatic N) is 2. The van der Waals surface area contributed by atoms with E-state index in [2.05, 4.69) is 9.88 Å². The second kappa shape index (κ2) is 6.22. The number of aromatic nitrogens is 1. The van der Waals surface area contributed by atoms with Crippen LogP contribution in [0.25, 0.3) is 0 Å². The van der Waals surface area contributed by atoms with Crippen LogP contribution >= 0.6 is 0 Å². The largest absolute Gasteiger partial charge is 0.497 e. The van der Waals surface area contributed by atoms with E-state index in [0.717, 1.165) is 36.6 Å². The summed E-state index contributed by atoms with van der Waals surface area (Å²) in [5, 5.41) is 0. The Hall–Kier alpha value is -2.30. The van der Waals surface area contributed by atoms with Crippen LogP contribution < -0.4 is 14.4 Å². The minimum absolute atomic E-state index is 0.277. The van der Waals surface area contributed by atoms with Gasteiger partial charge in [-0.15, -0.1) is 0 Å². The van der Waals surface area contributed by atoms with E-state index in [0.29, 0.717) is 5.69 Å². The molecule has 116 valence electrons. The van der Waals surface area contributed by atoms with Crippen LogP contribution in [-0.2, 0) is 0 Å². The summed E-state index contributed by atoms with van der Waals surface area (Å²) >= 11 is 0. The Morgan fingerprint density at radius 2 is 2.09 bits per heavy atom. The third-order valence-electron chi connectivity index (χ3n) is 4.16. The van der Waals surface area contributed by atoms with Crippen molar-refractivity contribution in [2.75, 3.05) is 32.2 Å². The minimum Gasteiger partial charge on any atom is -0.497 e. The number of ether oxygens (including phenoxy) is 2. The van der Waals surface area contributed by atoms with Crippen LogP contribution in [0.4, 0.5) is 10.1 Å². The van der Waals surface area contributed by atoms with Crippen molar-refractivity contribution in [2.45, 2.75) is 12.3 Å². The van der Waals surface area contributed by atoms with E-state index in [9.17, 15) is 4.39 Å². The number of halogens is 1. The van der Waals surface area contributed by atoms with Gasteiger partial charge in [0.1, 0.15) is 11.5 Å². The summed E-state index contributed by atoms with van der Waals surface area (Å²) in [5.74, 6) is 1.67. The summed E-state index contributed by atoms with van der Waals surface area (Å²) in [6.07, 6.45) is 3.83. The number of anilines is 1. The first-order valence-electron chi connectivity index (χ1n) is 7.29. The summed E-state index contributed by atoms with van der Waals surface area (Å²) in [6, 6.07) is 7.54. The van der Waals surface area contributed by atoms with Crippen molar-refractivity contribution in [1.29, 1.82) is 0 Å². The predicted octanol–water partition coefficient (Wildman–Crippen LogP) is 3.23. The van der Waals surface area contributed by atoms with Gasteiger partial charge in [0, 0.05) is 30.8 Å². The summed E-state index contributed by atoms with van der Waals surface area (Å²) in [6.45, 7) is 1.57. The van der Waals surface area contributed by atoms with Gasteiger partial charge in [-0.2, -0.15) is 0 Å². The molecule has 22 heavy (non-hydrogen) atoms. The number of benzene rings is 1. The lowest BCUT2D eigenvalue weighted by atomic mass is 9.97. The fourth-order valence-electron chi connectivity index (χ4n) is 3.02. The molecule has 0 bridgehead atoms. The Balaban J connectivity index is 1.85. The number of rotatable bonds is 4. The van der Waals surface area contributed by atoms with Gasteiger partial charge in [0.25, 0.3) is 0 Å². The van der Waals surface area contributed by atoms with E-state index in [1.807, 2.05) is 18.2 Å². The molecule has 1 aliphatic rings. The molecule has 0 N–H and O–H groups in total. The van der Waals surface area contributed by atoms with Crippen LogP contribution in [0.2, 0.25) is 0 Å². The average molecular weight is 302 g/mol. The average Bonchev–Trinajstić information content (AvgIpc) is 3.04. The highest BCUT2D eigenvalue weighted by Crippen LogP contribution is 2.37. The first-order valence-corrected chi connectivity index (χ1v) is 7.29. The number of methoxy groups -OCH3 is 2. The molecular weight excluding hydrogens is 283 g/mol. The van der Waals surface area contributed by atoms with E-state index in [4.69, 9.17) is 9.47 Å². The van der Waals surface area contributed by atoms with E-state index in [1.54, 1.807) is 26.5 Å². The van der Waals surface area contributed by atoms with Gasteiger partial charge >= 0.3 is 0 Å². The normalized spacial score (nSPS) is 17.6. The zero-order valence-corrected chi connectivity index (χ0v) is 12.8. The first kappa shape index (κ1) is 14.6. The minimum atomic E-state index is -0.277. The van der Waals surface area contributed by atoms with Gasteiger partial charge in [-0.25, -0.2) is 4.39 Å². The summed E-state index contributed by atoms with van der Waals surface area (Å²) in [4.78, 5) is 5.86. The fraction of sp³-hybridized carbons (Fsp3) is 0.353. The smallest absolute Gasteiger partial charge is 0.164 e. The molecule has 0 spiro atoms. The quantitative estimate of drug-likeness (QED) is 0.868. The third kappa shape index (κ3) is 2.71. The van der Waals surface area contributed by atoms with Crippen LogP contribution in [0.15, 0.2) is 36.7 Å². The Bertz CT molecular complexity index is 663. The lowest BCUT2D eigenvalue weighted by Crippen LogP contribution is -2.20. The highest BCUT2D eigenvalue weighted by molar-refractivity contribution is 5.50. The van der Waals surface area contributed by atoms with Gasteiger partial charge in [-0.05, 0) is 30.7 Å². The van der Waals surface area contributed by atoms with Crippen molar-refractivity contribution < 1.29 is 13.9 Å². The number of hydrogen-bond donors (Lipinski definition) is 0. The molecule has 3 rings (SSSR count). The first-order chi connectivity index (χ1) is 10.7. The van der Waals surface area contributed by atoms with Crippen molar-refractivity contribution >= 4 is 5.69 Å². The van der Waals surface area contributed by atoms with Gasteiger partial charge in [0.2, 0.25) is 0 Å². The predicted molar refractivity (Wildman–Crippen MR) is 83.3 cm³/mol. The highest BCUT2D eigenvalue weighted by Gasteiger charge is 2.28. The van der Waals surface area contributed by atoms with Crippen molar-refractivity contribution in [2.24, 2.45) is 0 Å². The maximum Gasteiger partial charge on any atom is 0.164 e. The van der Waals surface area contributed by atoms with E-state index in [-0.39, 0.29) is 11.7 Å². The fourth-order valence-corrected chi connectivity index (χ4v) is 3.02. The Kier molecular flexibility index (Phi) is 4.13. The second-order valence-electron chi connectivity index (χ2n) is 5.37. The van der Waals surface area contributed by atoms with Crippen LogP contribution in [0.1, 0.15) is 17.9 Å². The maximum absolute atomic E-state index is 13.9. The molecule has 0 radical (unpaired) electrons. The standard InChI is InChI=1S/C17H19FN2O2/c1-21-13-3-4-17(22-2)14(9-13)12-6-8-20(11-12)16-5-7-19-10-15(16)18/h3-5,7,9-10,12H,6,8,11H2,1-2H3/t12-/m0/s1. The summed E-state index contributed by atoms with van der Waals surface area (Å²) < 4.78 is 24.7. The topological polar surface area (TPSA) is 34.6 Å². The van der Waals surface area contributed by atoms with Crippen molar-refractivity contribution in [3.63, 3.8) is 0 Å². The molecule has 1 saturated heterocycles. The Labute approximate surface area is 129 Å². The van der Waals surface area contributed by atoms with Crippen LogP contribution in [0.5, 0.6) is 11.5 Å². The molecule has 1 aromatic carbocycles. The molecule has 2 heterocycles. The van der Waals surface area contributed by atoms with Gasteiger partial charge < -0.3 is 14.4 Å². The molecule has 0 unspecified atom stereocenters. The SMILES string of the molecule is COc1ccc(OC)c([C@H]2CCN(c3ccncc3F)C2)c1. The Morgan fingerprint density at radius 1 is 1.23 bits per heavy atom. The summed E-state index contributed by atoms with van der Waals surface area (Å²) in [7, 11) is 3.32. The van der Waals surface area contributed by atoms with E-state index in [1.165, 1.54) is 6.20 Å². The second-order valence-corrected chi connectivity index (χ2v) is 5.37. The van der Waals surface area contributed by atoms with Gasteiger partial charge in [0.05, 0.1) is 26.1 Å². The molecule has 1 atom stereocenters. The van der Waals surface area contributed by atoms with Crippen molar-refractivity contribution in [3.05, 3.63) is 48.0 Å². The maximum atomic E-state index is 13.9. The molecule has 0 amide bonds. The van der Waals surface area contributed by atoms with E-state index >= 15 is 0 Å². The molecular formula is C17H19FN2O2. The number of hydrogen-bond acceptors (Lipinski definition) is 4. The van der Waals surface area contributed by atoms with Crippen molar-refractivity contribution in [1.82, 2.24) is 4.98 Å². The molecule has 1 fully saturated rings. The third-order valence-corrected chi connectivity index (χ3v) is 4.16. The lowest BCUT2D eigenvalue weighted by Gasteiger charge is -2.20. The molecule has 0 saturated carbocycles. The molecule has 1 aromatic heterocycles. The zero-order chi connectivity index (χ0) is 15.5. The number of pyridine rings is 1. The van der Waals surface area contributed by atoms with Gasteiger partial charge in [-0.3, -0.25) is 4.98 Å². The molecule has 2 aromatic rings. The monoisotopic (exact) mass is 302 g/mol. The van der Waals surface area contributed by atoms with E-state index < -0.39 is 0 Å². The lowest BCUT2D eigenvalue weighted by molar-refractivity contribution is 0.396. The van der Waals surface area contributed by atoms with Gasteiger partial charge in [-0.1, -0.05) is 0 Å². The summed E-state index contributed by atoms with van der Waals surface area (Å²) in [5.41, 5.74) is 1.72.